The number of likely N-dealkylation sites (N-methyl/N-ethyl adjacent to an activating group) is 1. The van der Waals surface area contributed by atoms with Gasteiger partial charge in [-0.15, -0.1) is 11.3 Å². The molecular weight excluding hydrogens is 474 g/mol. The molecule has 9 heteroatoms. The number of nitrogens with zero attached hydrogens (tertiary/aromatic N) is 4. The van der Waals surface area contributed by atoms with Gasteiger partial charge in [0.1, 0.15) is 11.3 Å². The number of hydrogen-bond donors (Lipinski definition) is 0. The fraction of sp³-hybridized carbons (Fsp3) is 0.160. The average molecular weight is 495 g/mol. The van der Waals surface area contributed by atoms with Gasteiger partial charge in [0.15, 0.2) is 10.9 Å². The molecule has 0 bridgehead atoms. The molecular formula is C25H20F2N4OS2. The van der Waals surface area contributed by atoms with Gasteiger partial charge in [-0.3, -0.25) is 9.69 Å². The topological polar surface area (TPSA) is 49.3 Å². The van der Waals surface area contributed by atoms with E-state index in [1.807, 2.05) is 60.8 Å². The van der Waals surface area contributed by atoms with Crippen molar-refractivity contribution in [1.29, 1.82) is 0 Å². The van der Waals surface area contributed by atoms with E-state index in [2.05, 4.69) is 4.98 Å². The summed E-state index contributed by atoms with van der Waals surface area (Å²) in [6, 6.07) is 15.2. The molecule has 0 N–H and O–H groups in total. The van der Waals surface area contributed by atoms with Crippen LogP contribution in [-0.2, 0) is 0 Å². The molecule has 34 heavy (non-hydrogen) atoms. The number of carbonyl (C=O) groups is 1. The van der Waals surface area contributed by atoms with Gasteiger partial charge < -0.3 is 4.90 Å². The van der Waals surface area contributed by atoms with Crippen molar-refractivity contribution in [3.05, 3.63) is 77.2 Å². The Morgan fingerprint density at radius 2 is 1.82 bits per heavy atom. The van der Waals surface area contributed by atoms with Gasteiger partial charge in [-0.05, 0) is 43.7 Å². The van der Waals surface area contributed by atoms with Gasteiger partial charge in [-0.25, -0.2) is 18.7 Å². The number of rotatable bonds is 6. The number of pyridine rings is 1. The van der Waals surface area contributed by atoms with Gasteiger partial charge in [0.25, 0.3) is 5.91 Å². The Labute approximate surface area is 202 Å². The number of thiazole rings is 1. The van der Waals surface area contributed by atoms with E-state index in [1.54, 1.807) is 22.3 Å². The predicted octanol–water partition coefficient (Wildman–Crippen LogP) is 6.06. The number of thiophene rings is 1. The number of para-hydroxylation sites is 1. The molecule has 5 aromatic rings. The van der Waals surface area contributed by atoms with Crippen LogP contribution >= 0.6 is 22.7 Å². The van der Waals surface area contributed by atoms with Crippen molar-refractivity contribution in [2.75, 3.05) is 32.1 Å². The molecule has 5 nitrogen and oxygen atoms in total. The molecule has 2 aromatic carbocycles. The highest BCUT2D eigenvalue weighted by atomic mass is 32.1. The quantitative estimate of drug-likeness (QED) is 0.288. The van der Waals surface area contributed by atoms with Crippen LogP contribution in [0, 0.1) is 11.6 Å². The highest BCUT2D eigenvalue weighted by Gasteiger charge is 2.25. The molecule has 0 fully saturated rings. The summed E-state index contributed by atoms with van der Waals surface area (Å²) in [6.07, 6.45) is 0. The van der Waals surface area contributed by atoms with Crippen molar-refractivity contribution >= 4 is 54.8 Å². The smallest absolute Gasteiger partial charge is 0.260 e. The zero-order valence-electron chi connectivity index (χ0n) is 18.5. The van der Waals surface area contributed by atoms with E-state index in [1.165, 1.54) is 6.07 Å². The zero-order chi connectivity index (χ0) is 23.8. The lowest BCUT2D eigenvalue weighted by molar-refractivity contribution is 0.0986. The Balaban J connectivity index is 1.66. The lowest BCUT2D eigenvalue weighted by Crippen LogP contribution is -2.37. The lowest BCUT2D eigenvalue weighted by atomic mass is 10.1. The van der Waals surface area contributed by atoms with Crippen molar-refractivity contribution in [3.63, 3.8) is 0 Å². The van der Waals surface area contributed by atoms with Crippen LogP contribution in [0.15, 0.2) is 60.0 Å². The van der Waals surface area contributed by atoms with E-state index in [4.69, 9.17) is 4.98 Å². The van der Waals surface area contributed by atoms with E-state index < -0.39 is 11.6 Å². The summed E-state index contributed by atoms with van der Waals surface area (Å²) >= 11 is 2.65. The van der Waals surface area contributed by atoms with Crippen LogP contribution in [0.2, 0.25) is 0 Å². The van der Waals surface area contributed by atoms with Crippen LogP contribution in [0.25, 0.3) is 31.7 Å². The van der Waals surface area contributed by atoms with Gasteiger partial charge in [0, 0.05) is 24.5 Å². The minimum Gasteiger partial charge on any atom is -0.308 e. The van der Waals surface area contributed by atoms with Crippen molar-refractivity contribution in [2.45, 2.75) is 0 Å². The number of hydrogen-bond acceptors (Lipinski definition) is 6. The summed E-state index contributed by atoms with van der Waals surface area (Å²) < 4.78 is 28.5. The van der Waals surface area contributed by atoms with Crippen molar-refractivity contribution < 1.29 is 13.6 Å². The molecule has 1 amide bonds. The first-order valence-electron chi connectivity index (χ1n) is 10.6. The summed E-state index contributed by atoms with van der Waals surface area (Å²) in [5.74, 6) is -1.68. The maximum Gasteiger partial charge on any atom is 0.260 e. The summed E-state index contributed by atoms with van der Waals surface area (Å²) in [7, 11) is 3.82. The molecule has 0 saturated heterocycles. The predicted molar refractivity (Wildman–Crippen MR) is 135 cm³/mol. The SMILES string of the molecule is CN(C)CCN(C(=O)c1cc(-c2cccs2)nc2ccccc12)c1nc2c(F)cc(F)cc2s1. The molecule has 3 aromatic heterocycles. The Morgan fingerprint density at radius 3 is 2.59 bits per heavy atom. The molecule has 172 valence electrons. The zero-order valence-corrected chi connectivity index (χ0v) is 20.1. The number of anilines is 1. The van der Waals surface area contributed by atoms with Crippen LogP contribution in [0.4, 0.5) is 13.9 Å². The molecule has 0 aliphatic heterocycles. The second-order valence-corrected chi connectivity index (χ2v) is 10.00. The van der Waals surface area contributed by atoms with Crippen molar-refractivity contribution in [3.8, 4) is 10.6 Å². The van der Waals surface area contributed by atoms with Gasteiger partial charge >= 0.3 is 0 Å². The number of fused-ring (bicyclic) bond motifs is 2. The van der Waals surface area contributed by atoms with Crippen LogP contribution < -0.4 is 4.90 Å². The molecule has 0 saturated carbocycles. The summed E-state index contributed by atoms with van der Waals surface area (Å²) in [6.45, 7) is 0.903. The third-order valence-corrected chi connectivity index (χ3v) is 7.29. The Kier molecular flexibility index (Phi) is 6.07. The van der Waals surface area contributed by atoms with Gasteiger partial charge in [-0.1, -0.05) is 35.6 Å². The van der Waals surface area contributed by atoms with Gasteiger partial charge in [0.2, 0.25) is 0 Å². The fourth-order valence-electron chi connectivity index (χ4n) is 3.69. The minimum atomic E-state index is -0.744. The number of aromatic nitrogens is 2. The number of halogens is 2. The maximum absolute atomic E-state index is 14.4. The van der Waals surface area contributed by atoms with Gasteiger partial charge in [0.05, 0.1) is 26.4 Å². The first-order valence-corrected chi connectivity index (χ1v) is 12.3. The number of benzene rings is 2. The third-order valence-electron chi connectivity index (χ3n) is 5.37. The fourth-order valence-corrected chi connectivity index (χ4v) is 5.41. The van der Waals surface area contributed by atoms with E-state index in [0.29, 0.717) is 39.7 Å². The average Bonchev–Trinajstić information content (AvgIpc) is 3.49. The molecule has 0 radical (unpaired) electrons. The number of carbonyl (C=O) groups excluding carboxylic acids is 1. The second-order valence-electron chi connectivity index (χ2n) is 8.04. The Bertz CT molecular complexity index is 1500. The van der Waals surface area contributed by atoms with E-state index in [0.717, 1.165) is 27.7 Å². The summed E-state index contributed by atoms with van der Waals surface area (Å²) in [4.78, 5) is 27.6. The summed E-state index contributed by atoms with van der Waals surface area (Å²) in [5, 5.41) is 3.01. The maximum atomic E-state index is 14.4. The third kappa shape index (κ3) is 4.29. The molecule has 0 atom stereocenters. The molecule has 0 unspecified atom stereocenters. The highest BCUT2D eigenvalue weighted by Crippen LogP contribution is 2.34. The van der Waals surface area contributed by atoms with Crippen LogP contribution in [0.5, 0.6) is 0 Å². The monoisotopic (exact) mass is 494 g/mol. The highest BCUT2D eigenvalue weighted by molar-refractivity contribution is 7.22. The first-order chi connectivity index (χ1) is 16.4. The Hall–Kier alpha value is -3.27. The van der Waals surface area contributed by atoms with Crippen LogP contribution in [0.3, 0.4) is 0 Å². The van der Waals surface area contributed by atoms with Crippen molar-refractivity contribution in [2.24, 2.45) is 0 Å². The molecule has 0 spiro atoms. The van der Waals surface area contributed by atoms with E-state index in [-0.39, 0.29) is 11.4 Å². The van der Waals surface area contributed by atoms with Crippen LogP contribution in [0.1, 0.15) is 10.4 Å². The lowest BCUT2D eigenvalue weighted by Gasteiger charge is -2.23. The summed E-state index contributed by atoms with van der Waals surface area (Å²) in [5.41, 5.74) is 1.96. The molecule has 0 aliphatic carbocycles. The Morgan fingerprint density at radius 1 is 1.00 bits per heavy atom. The van der Waals surface area contributed by atoms with Gasteiger partial charge in [-0.2, -0.15) is 0 Å². The molecule has 5 rings (SSSR count). The van der Waals surface area contributed by atoms with E-state index in [9.17, 15) is 13.6 Å². The number of amides is 1. The first kappa shape index (κ1) is 22.5. The molecule has 3 heterocycles. The van der Waals surface area contributed by atoms with E-state index >= 15 is 0 Å². The minimum absolute atomic E-state index is 0.0583. The molecule has 0 aliphatic rings. The normalized spacial score (nSPS) is 11.6. The van der Waals surface area contributed by atoms with Crippen LogP contribution in [-0.4, -0.2) is 48.0 Å². The largest absolute Gasteiger partial charge is 0.308 e. The second kappa shape index (κ2) is 9.17. The van der Waals surface area contributed by atoms with Crippen molar-refractivity contribution in [1.82, 2.24) is 14.9 Å². The standard InChI is InChI=1S/C25H20F2N4OS2/c1-30(2)9-10-31(25-29-23-18(27)12-15(26)13-22(23)34-25)24(32)17-14-20(21-8-5-11-33-21)28-19-7-4-3-6-16(17)19/h3-8,11-14H,9-10H2,1-2H3.